The molecule has 6 nitrogen and oxygen atoms in total. The van der Waals surface area contributed by atoms with E-state index >= 15 is 0 Å². The summed E-state index contributed by atoms with van der Waals surface area (Å²) in [6, 6.07) is 0.526. The Morgan fingerprint density at radius 1 is 1.08 bits per heavy atom. The highest BCUT2D eigenvalue weighted by molar-refractivity contribution is 8.00. The van der Waals surface area contributed by atoms with Crippen LogP contribution in [0.15, 0.2) is 0 Å². The fraction of sp³-hybridized carbons (Fsp3) is 0.889. The van der Waals surface area contributed by atoms with E-state index < -0.39 is 0 Å². The number of thioether (sulfide) groups is 1. The number of urea groups is 1. The van der Waals surface area contributed by atoms with Crippen LogP contribution < -0.4 is 10.6 Å². The van der Waals surface area contributed by atoms with E-state index in [1.165, 1.54) is 0 Å². The summed E-state index contributed by atoms with van der Waals surface area (Å²) in [7, 11) is 0. The van der Waals surface area contributed by atoms with Gasteiger partial charge in [-0.25, -0.2) is 4.79 Å². The van der Waals surface area contributed by atoms with Gasteiger partial charge in [0, 0.05) is 37.1 Å². The van der Waals surface area contributed by atoms with Crippen LogP contribution >= 0.6 is 11.8 Å². The highest BCUT2D eigenvalue weighted by Gasteiger charge is 2.42. The van der Waals surface area contributed by atoms with Crippen LogP contribution in [0.5, 0.6) is 0 Å². The second kappa shape index (κ2) is 11.8. The minimum absolute atomic E-state index is 0.0328. The zero-order chi connectivity index (χ0) is 17.9. The summed E-state index contributed by atoms with van der Waals surface area (Å²) < 4.78 is 10.8. The van der Waals surface area contributed by atoms with Crippen molar-refractivity contribution in [1.82, 2.24) is 10.6 Å². The van der Waals surface area contributed by atoms with Crippen LogP contribution in [0.4, 0.5) is 4.79 Å². The van der Waals surface area contributed by atoms with E-state index in [-0.39, 0.29) is 18.1 Å². The molecule has 2 rings (SSSR count). The van der Waals surface area contributed by atoms with Crippen molar-refractivity contribution in [3.8, 4) is 0 Å². The molecule has 0 spiro atoms. The third-order valence-electron chi connectivity index (χ3n) is 4.60. The molecule has 3 atom stereocenters. The second-order valence-electron chi connectivity index (χ2n) is 6.73. The lowest BCUT2D eigenvalue weighted by molar-refractivity contribution is -0.119. The molecule has 0 aromatic carbocycles. The molecule has 2 N–H and O–H groups in total. The number of amides is 2. The Morgan fingerprint density at radius 3 is 2.64 bits per heavy atom. The number of carbonyl (C=O) groups is 2. The Morgan fingerprint density at radius 2 is 1.84 bits per heavy atom. The van der Waals surface area contributed by atoms with E-state index in [1.54, 1.807) is 0 Å². The average molecular weight is 373 g/mol. The number of nitrogens with one attached hydrogen (secondary N) is 2. The topological polar surface area (TPSA) is 76.7 Å². The van der Waals surface area contributed by atoms with Gasteiger partial charge in [-0.1, -0.05) is 13.3 Å². The van der Waals surface area contributed by atoms with Gasteiger partial charge in [-0.15, -0.1) is 0 Å². The summed E-state index contributed by atoms with van der Waals surface area (Å²) in [5.41, 5.74) is 0. The maximum Gasteiger partial charge on any atom is 0.315 e. The third kappa shape index (κ3) is 7.54. The molecule has 0 radical (unpaired) electrons. The number of hydrogen-bond acceptors (Lipinski definition) is 5. The van der Waals surface area contributed by atoms with E-state index in [9.17, 15) is 9.59 Å². The number of fused-ring (bicyclic) bond motifs is 1. The maximum absolute atomic E-state index is 11.9. The van der Waals surface area contributed by atoms with Crippen LogP contribution in [0.3, 0.4) is 0 Å². The van der Waals surface area contributed by atoms with Gasteiger partial charge in [-0.3, -0.25) is 4.79 Å². The minimum Gasteiger partial charge on any atom is -0.379 e. The summed E-state index contributed by atoms with van der Waals surface area (Å²) in [6.45, 7) is 4.75. The predicted octanol–water partition coefficient (Wildman–Crippen LogP) is 2.50. The number of hydrogen-bond donors (Lipinski definition) is 2. The molecule has 0 bridgehead atoms. The van der Waals surface area contributed by atoms with Crippen LogP contribution in [-0.4, -0.2) is 61.3 Å². The van der Waals surface area contributed by atoms with Gasteiger partial charge in [0.25, 0.3) is 0 Å². The highest BCUT2D eigenvalue weighted by Crippen LogP contribution is 2.33. The van der Waals surface area contributed by atoms with Crippen LogP contribution in [0, 0.1) is 0 Å². The number of ether oxygens (including phenoxy) is 2. The first kappa shape index (κ1) is 20.5. The van der Waals surface area contributed by atoms with Gasteiger partial charge in [0.15, 0.2) is 0 Å². The predicted molar refractivity (Wildman–Crippen MR) is 100 cm³/mol. The second-order valence-corrected chi connectivity index (χ2v) is 8.01. The molecule has 0 aromatic rings. The number of carbonyl (C=O) groups excluding carboxylic acids is 2. The molecule has 0 unspecified atom stereocenters. The Bertz CT molecular complexity index is 422. The summed E-state index contributed by atoms with van der Waals surface area (Å²) in [4.78, 5) is 23.2. The van der Waals surface area contributed by atoms with E-state index in [2.05, 4.69) is 17.6 Å². The van der Waals surface area contributed by atoms with Crippen LogP contribution in [0.25, 0.3) is 0 Å². The molecular weight excluding hydrogens is 340 g/mol. The number of Topliss-reactive ketones (excluding diaryl/α,β-unsaturated/α-hetero) is 1. The van der Waals surface area contributed by atoms with E-state index in [1.807, 2.05) is 11.8 Å². The van der Waals surface area contributed by atoms with Gasteiger partial charge in [-0.2, -0.15) is 11.8 Å². The van der Waals surface area contributed by atoms with Gasteiger partial charge in [0.05, 0.1) is 25.3 Å². The monoisotopic (exact) mass is 372 g/mol. The highest BCUT2D eigenvalue weighted by atomic mass is 32.2. The SMILES string of the molecule is CCCOCCOCCCC(=O)CCCC[C@@H]1SC[C@@H]2NC(=O)N[C@@H]21. The maximum atomic E-state index is 11.9. The lowest BCUT2D eigenvalue weighted by Gasteiger charge is -2.16. The normalized spacial score (nSPS) is 24.8. The molecule has 144 valence electrons. The zero-order valence-corrected chi connectivity index (χ0v) is 16.1. The van der Waals surface area contributed by atoms with Crippen LogP contribution in [-0.2, 0) is 14.3 Å². The van der Waals surface area contributed by atoms with E-state index in [0.717, 1.165) is 44.5 Å². The first-order chi connectivity index (χ1) is 12.2. The Labute approximate surface area is 155 Å². The van der Waals surface area contributed by atoms with Crippen molar-refractivity contribution in [3.63, 3.8) is 0 Å². The number of rotatable bonds is 14. The van der Waals surface area contributed by atoms with Crippen molar-refractivity contribution in [3.05, 3.63) is 0 Å². The molecule has 2 heterocycles. The minimum atomic E-state index is -0.0328. The molecule has 0 aliphatic carbocycles. The molecule has 2 aliphatic heterocycles. The lowest BCUT2D eigenvalue weighted by atomic mass is 10.0. The van der Waals surface area contributed by atoms with Crippen molar-refractivity contribution in [1.29, 1.82) is 0 Å². The Kier molecular flexibility index (Phi) is 9.65. The summed E-state index contributed by atoms with van der Waals surface area (Å²) in [5.74, 6) is 1.33. The Hall–Kier alpha value is -0.790. The van der Waals surface area contributed by atoms with Crippen LogP contribution in [0.1, 0.15) is 51.9 Å². The third-order valence-corrected chi connectivity index (χ3v) is 6.11. The van der Waals surface area contributed by atoms with E-state index in [4.69, 9.17) is 9.47 Å². The molecular formula is C18H32N2O4S. The first-order valence-electron chi connectivity index (χ1n) is 9.56. The van der Waals surface area contributed by atoms with Gasteiger partial charge in [-0.05, 0) is 25.7 Å². The fourth-order valence-electron chi connectivity index (χ4n) is 3.27. The molecule has 0 saturated carbocycles. The van der Waals surface area contributed by atoms with Crippen molar-refractivity contribution in [2.24, 2.45) is 0 Å². The standard InChI is InChI=1S/C18H32N2O4S/c1-2-9-23-11-12-24-10-5-7-14(21)6-3-4-8-16-17-15(13-25-16)19-18(22)20-17/h15-17H,2-13H2,1H3,(H2,19,20,22)/t15-,16-,17-/m0/s1. The molecule has 2 aliphatic rings. The van der Waals surface area contributed by atoms with E-state index in [0.29, 0.717) is 43.7 Å². The van der Waals surface area contributed by atoms with Gasteiger partial charge in [0.1, 0.15) is 5.78 Å². The molecule has 2 amide bonds. The number of unbranched alkanes of at least 4 members (excludes halogenated alkanes) is 1. The largest absolute Gasteiger partial charge is 0.379 e. The van der Waals surface area contributed by atoms with Crippen molar-refractivity contribution >= 4 is 23.6 Å². The summed E-state index contributed by atoms with van der Waals surface area (Å²) in [6.07, 6.45) is 6.16. The van der Waals surface area contributed by atoms with Crippen molar-refractivity contribution in [2.45, 2.75) is 69.2 Å². The zero-order valence-electron chi connectivity index (χ0n) is 15.3. The molecule has 2 fully saturated rings. The molecule has 0 aromatic heterocycles. The number of ketones is 1. The first-order valence-corrected chi connectivity index (χ1v) is 10.6. The van der Waals surface area contributed by atoms with Gasteiger partial charge >= 0.3 is 6.03 Å². The van der Waals surface area contributed by atoms with Crippen molar-refractivity contribution < 1.29 is 19.1 Å². The van der Waals surface area contributed by atoms with Crippen LogP contribution in [0.2, 0.25) is 0 Å². The van der Waals surface area contributed by atoms with Crippen molar-refractivity contribution in [2.75, 3.05) is 32.2 Å². The van der Waals surface area contributed by atoms with Gasteiger partial charge < -0.3 is 20.1 Å². The lowest BCUT2D eigenvalue weighted by Crippen LogP contribution is -2.36. The average Bonchev–Trinajstić information content (AvgIpc) is 3.13. The smallest absolute Gasteiger partial charge is 0.315 e. The summed E-state index contributed by atoms with van der Waals surface area (Å²) >= 11 is 1.93. The molecule has 2 saturated heterocycles. The quantitative estimate of drug-likeness (QED) is 0.362. The molecule has 25 heavy (non-hydrogen) atoms. The molecule has 7 heteroatoms. The van der Waals surface area contributed by atoms with Gasteiger partial charge in [0.2, 0.25) is 0 Å². The Balaban J connectivity index is 1.41. The summed E-state index contributed by atoms with van der Waals surface area (Å²) in [5, 5.41) is 6.46. The fourth-order valence-corrected chi connectivity index (χ4v) is 4.82.